The minimum absolute atomic E-state index is 0.231. The van der Waals surface area contributed by atoms with Gasteiger partial charge in [-0.05, 0) is 39.0 Å². The highest BCUT2D eigenvalue weighted by atomic mass is 16.5. The van der Waals surface area contributed by atoms with Crippen LogP contribution in [0.25, 0.3) is 0 Å². The van der Waals surface area contributed by atoms with Crippen molar-refractivity contribution in [3.8, 4) is 5.75 Å². The molecule has 3 nitrogen and oxygen atoms in total. The fourth-order valence-corrected chi connectivity index (χ4v) is 2.50. The van der Waals surface area contributed by atoms with Crippen molar-refractivity contribution in [2.45, 2.75) is 39.3 Å². The zero-order valence-electron chi connectivity index (χ0n) is 12.6. The summed E-state index contributed by atoms with van der Waals surface area (Å²) in [6, 6.07) is 10.8. The largest absolute Gasteiger partial charge is 0.496 e. The molecule has 1 aromatic carbocycles. The van der Waals surface area contributed by atoms with E-state index in [4.69, 9.17) is 9.15 Å². The molecule has 1 N–H and O–H groups in total. The van der Waals surface area contributed by atoms with Crippen molar-refractivity contribution in [2.75, 3.05) is 7.11 Å². The first kappa shape index (κ1) is 14.7. The highest BCUT2D eigenvalue weighted by Gasteiger charge is 2.15. The standard InChI is InChI=1S/C17H23NO2/c1-12-7-8-17(19-4)16(10-12)14(3)18-13(2)11-15-6-5-9-20-15/h5-10,13-14,18H,11H2,1-4H3. The van der Waals surface area contributed by atoms with Gasteiger partial charge in [-0.25, -0.2) is 0 Å². The monoisotopic (exact) mass is 273 g/mol. The van der Waals surface area contributed by atoms with Gasteiger partial charge in [0.05, 0.1) is 13.4 Å². The van der Waals surface area contributed by atoms with Crippen molar-refractivity contribution in [1.82, 2.24) is 5.32 Å². The molecule has 0 saturated carbocycles. The van der Waals surface area contributed by atoms with Gasteiger partial charge in [0.1, 0.15) is 11.5 Å². The maximum absolute atomic E-state index is 5.45. The predicted molar refractivity (Wildman–Crippen MR) is 81.2 cm³/mol. The lowest BCUT2D eigenvalue weighted by molar-refractivity contribution is 0.389. The molecule has 0 aliphatic carbocycles. The van der Waals surface area contributed by atoms with Crippen LogP contribution >= 0.6 is 0 Å². The average Bonchev–Trinajstić information content (AvgIpc) is 2.91. The maximum atomic E-state index is 5.45. The topological polar surface area (TPSA) is 34.4 Å². The molecule has 0 radical (unpaired) electrons. The second-order valence-electron chi connectivity index (χ2n) is 5.32. The summed E-state index contributed by atoms with van der Waals surface area (Å²) in [5, 5.41) is 3.60. The van der Waals surface area contributed by atoms with Crippen molar-refractivity contribution < 1.29 is 9.15 Å². The quantitative estimate of drug-likeness (QED) is 0.867. The van der Waals surface area contributed by atoms with Crippen LogP contribution in [0, 0.1) is 6.92 Å². The van der Waals surface area contributed by atoms with E-state index >= 15 is 0 Å². The molecule has 2 unspecified atom stereocenters. The first-order chi connectivity index (χ1) is 9.60. The number of methoxy groups -OCH3 is 1. The smallest absolute Gasteiger partial charge is 0.123 e. The predicted octanol–water partition coefficient (Wildman–Crippen LogP) is 3.88. The van der Waals surface area contributed by atoms with Gasteiger partial charge in [-0.2, -0.15) is 0 Å². The van der Waals surface area contributed by atoms with Gasteiger partial charge in [0, 0.05) is 24.1 Å². The molecule has 108 valence electrons. The molecule has 0 bridgehead atoms. The molecule has 2 atom stereocenters. The summed E-state index contributed by atoms with van der Waals surface area (Å²) in [5.41, 5.74) is 2.44. The van der Waals surface area contributed by atoms with E-state index in [2.05, 4.69) is 38.2 Å². The third-order valence-electron chi connectivity index (χ3n) is 3.47. The first-order valence-electron chi connectivity index (χ1n) is 7.03. The van der Waals surface area contributed by atoms with Crippen molar-refractivity contribution in [3.05, 3.63) is 53.5 Å². The number of hydrogen-bond donors (Lipinski definition) is 1. The van der Waals surface area contributed by atoms with Crippen molar-refractivity contribution in [2.24, 2.45) is 0 Å². The maximum Gasteiger partial charge on any atom is 0.123 e. The van der Waals surface area contributed by atoms with E-state index in [1.54, 1.807) is 13.4 Å². The van der Waals surface area contributed by atoms with E-state index in [-0.39, 0.29) is 6.04 Å². The van der Waals surface area contributed by atoms with Gasteiger partial charge in [-0.1, -0.05) is 17.7 Å². The zero-order chi connectivity index (χ0) is 14.5. The van der Waals surface area contributed by atoms with Crippen molar-refractivity contribution >= 4 is 0 Å². The highest BCUT2D eigenvalue weighted by Crippen LogP contribution is 2.26. The summed E-state index contributed by atoms with van der Waals surface area (Å²) in [6.07, 6.45) is 2.60. The number of furan rings is 1. The molecule has 0 fully saturated rings. The Bertz CT molecular complexity index is 534. The Morgan fingerprint density at radius 2 is 2.05 bits per heavy atom. The van der Waals surface area contributed by atoms with Gasteiger partial charge in [-0.3, -0.25) is 0 Å². The van der Waals surface area contributed by atoms with Gasteiger partial charge in [-0.15, -0.1) is 0 Å². The molecular formula is C17H23NO2. The van der Waals surface area contributed by atoms with Crippen molar-refractivity contribution in [3.63, 3.8) is 0 Å². The molecule has 0 amide bonds. The third kappa shape index (κ3) is 3.64. The Morgan fingerprint density at radius 3 is 2.70 bits per heavy atom. The van der Waals surface area contributed by atoms with Crippen LogP contribution in [0.15, 0.2) is 41.0 Å². The molecule has 1 aromatic heterocycles. The van der Waals surface area contributed by atoms with E-state index < -0.39 is 0 Å². The summed E-state index contributed by atoms with van der Waals surface area (Å²) in [4.78, 5) is 0. The van der Waals surface area contributed by atoms with Crippen LogP contribution < -0.4 is 10.1 Å². The van der Waals surface area contributed by atoms with Gasteiger partial charge in [0.2, 0.25) is 0 Å². The first-order valence-corrected chi connectivity index (χ1v) is 7.03. The summed E-state index contributed by atoms with van der Waals surface area (Å²) in [6.45, 7) is 6.43. The van der Waals surface area contributed by atoms with Crippen LogP contribution in [-0.4, -0.2) is 13.2 Å². The van der Waals surface area contributed by atoms with E-state index in [0.717, 1.165) is 17.9 Å². The van der Waals surface area contributed by atoms with Crippen LogP contribution in [0.3, 0.4) is 0 Å². The summed E-state index contributed by atoms with van der Waals surface area (Å²) < 4.78 is 10.8. The average molecular weight is 273 g/mol. The van der Waals surface area contributed by atoms with Crippen LogP contribution in [0.1, 0.15) is 36.8 Å². The number of aryl methyl sites for hydroxylation is 1. The fraction of sp³-hybridized carbons (Fsp3) is 0.412. The number of benzene rings is 1. The molecule has 20 heavy (non-hydrogen) atoms. The van der Waals surface area contributed by atoms with Gasteiger partial charge in [0.15, 0.2) is 0 Å². The van der Waals surface area contributed by atoms with Gasteiger partial charge in [0.25, 0.3) is 0 Å². The molecule has 1 heterocycles. The summed E-state index contributed by atoms with van der Waals surface area (Å²) in [5.74, 6) is 1.94. The highest BCUT2D eigenvalue weighted by molar-refractivity contribution is 5.38. The van der Waals surface area contributed by atoms with E-state index in [1.807, 2.05) is 18.2 Å². The van der Waals surface area contributed by atoms with Gasteiger partial charge < -0.3 is 14.5 Å². The minimum Gasteiger partial charge on any atom is -0.496 e. The van der Waals surface area contributed by atoms with Crippen LogP contribution in [0.2, 0.25) is 0 Å². The number of hydrogen-bond acceptors (Lipinski definition) is 3. The van der Waals surface area contributed by atoms with E-state index in [0.29, 0.717) is 6.04 Å². The van der Waals surface area contributed by atoms with E-state index in [1.165, 1.54) is 11.1 Å². The minimum atomic E-state index is 0.231. The molecular weight excluding hydrogens is 250 g/mol. The molecule has 3 heteroatoms. The second-order valence-corrected chi connectivity index (χ2v) is 5.32. The Hall–Kier alpha value is -1.74. The molecule has 0 saturated heterocycles. The van der Waals surface area contributed by atoms with Crippen molar-refractivity contribution in [1.29, 1.82) is 0 Å². The molecule has 2 aromatic rings. The second kappa shape index (κ2) is 6.62. The number of rotatable bonds is 6. The zero-order valence-corrected chi connectivity index (χ0v) is 12.6. The van der Waals surface area contributed by atoms with Crippen LogP contribution in [0.5, 0.6) is 5.75 Å². The lowest BCUT2D eigenvalue weighted by atomic mass is 10.0. The lowest BCUT2D eigenvalue weighted by Gasteiger charge is -2.22. The SMILES string of the molecule is COc1ccc(C)cc1C(C)NC(C)Cc1ccco1. The molecule has 2 rings (SSSR count). The van der Waals surface area contributed by atoms with E-state index in [9.17, 15) is 0 Å². The lowest BCUT2D eigenvalue weighted by Crippen LogP contribution is -2.30. The Kier molecular flexibility index (Phi) is 4.85. The number of nitrogens with one attached hydrogen (secondary N) is 1. The molecule has 0 spiro atoms. The summed E-state index contributed by atoms with van der Waals surface area (Å²) in [7, 11) is 1.72. The molecule has 0 aliphatic rings. The normalized spacial score (nSPS) is 14.0. The summed E-state index contributed by atoms with van der Waals surface area (Å²) >= 11 is 0. The Balaban J connectivity index is 2.03. The van der Waals surface area contributed by atoms with Crippen LogP contribution in [-0.2, 0) is 6.42 Å². The third-order valence-corrected chi connectivity index (χ3v) is 3.47. The number of ether oxygens (including phenoxy) is 1. The Labute approximate surface area is 121 Å². The Morgan fingerprint density at radius 1 is 1.25 bits per heavy atom. The molecule has 0 aliphatic heterocycles. The van der Waals surface area contributed by atoms with Crippen LogP contribution in [0.4, 0.5) is 0 Å². The fourth-order valence-electron chi connectivity index (χ4n) is 2.50. The van der Waals surface area contributed by atoms with Gasteiger partial charge >= 0.3 is 0 Å².